The second-order valence-electron chi connectivity index (χ2n) is 5.08. The molecule has 3 aromatic rings. The van der Waals surface area contributed by atoms with Gasteiger partial charge in [0.25, 0.3) is 0 Å². The van der Waals surface area contributed by atoms with E-state index in [0.717, 1.165) is 28.5 Å². The Hall–Kier alpha value is -2.89. The molecule has 0 aliphatic rings. The molecule has 1 heterocycles. The number of hydrogen-bond donors (Lipinski definition) is 1. The first-order valence-corrected chi connectivity index (χ1v) is 7.58. The van der Waals surface area contributed by atoms with Crippen molar-refractivity contribution in [1.29, 1.82) is 0 Å². The van der Waals surface area contributed by atoms with Crippen molar-refractivity contribution in [2.24, 2.45) is 0 Å². The van der Waals surface area contributed by atoms with Crippen molar-refractivity contribution in [1.82, 2.24) is 20.2 Å². The Morgan fingerprint density at radius 2 is 2.00 bits per heavy atom. The molecule has 0 aliphatic heterocycles. The molecule has 0 radical (unpaired) electrons. The van der Waals surface area contributed by atoms with Gasteiger partial charge in [-0.1, -0.05) is 24.3 Å². The Morgan fingerprint density at radius 3 is 2.78 bits per heavy atom. The molecule has 0 atom stereocenters. The molecule has 0 saturated carbocycles. The maximum Gasteiger partial charge on any atom is 0.153 e. The van der Waals surface area contributed by atoms with Crippen LogP contribution in [0.4, 0.5) is 5.69 Å². The summed E-state index contributed by atoms with van der Waals surface area (Å²) in [7, 11) is 0. The number of rotatable bonds is 6. The molecule has 0 saturated heterocycles. The Bertz CT molecular complexity index is 784. The molecule has 0 fully saturated rings. The lowest BCUT2D eigenvalue weighted by atomic mass is 10.2. The van der Waals surface area contributed by atoms with Crippen molar-refractivity contribution in [2.75, 3.05) is 11.9 Å². The third-order valence-corrected chi connectivity index (χ3v) is 3.47. The van der Waals surface area contributed by atoms with E-state index >= 15 is 0 Å². The summed E-state index contributed by atoms with van der Waals surface area (Å²) in [5.41, 5.74) is 3.05. The van der Waals surface area contributed by atoms with Crippen LogP contribution in [-0.4, -0.2) is 26.8 Å². The monoisotopic (exact) mass is 309 g/mol. The van der Waals surface area contributed by atoms with Crippen molar-refractivity contribution < 1.29 is 4.74 Å². The molecule has 23 heavy (non-hydrogen) atoms. The number of tetrazole rings is 1. The fraction of sp³-hybridized carbons (Fsp3) is 0.235. The first kappa shape index (κ1) is 15.0. The molecule has 1 aromatic heterocycles. The largest absolute Gasteiger partial charge is 0.494 e. The Labute approximate surface area is 135 Å². The van der Waals surface area contributed by atoms with Crippen LogP contribution in [0.15, 0.2) is 48.5 Å². The quantitative estimate of drug-likeness (QED) is 0.758. The highest BCUT2D eigenvalue weighted by Gasteiger charge is 2.05. The normalized spacial score (nSPS) is 10.5. The molecule has 6 heteroatoms. The molecule has 2 aromatic carbocycles. The van der Waals surface area contributed by atoms with Gasteiger partial charge in [0.05, 0.1) is 12.3 Å². The predicted octanol–water partition coefficient (Wildman–Crippen LogP) is 2.98. The molecule has 0 amide bonds. The van der Waals surface area contributed by atoms with Gasteiger partial charge >= 0.3 is 0 Å². The smallest absolute Gasteiger partial charge is 0.153 e. The second kappa shape index (κ2) is 6.91. The van der Waals surface area contributed by atoms with Gasteiger partial charge < -0.3 is 10.1 Å². The van der Waals surface area contributed by atoms with Gasteiger partial charge in [0.2, 0.25) is 0 Å². The average molecular weight is 309 g/mol. The zero-order valence-electron chi connectivity index (χ0n) is 13.2. The van der Waals surface area contributed by atoms with E-state index in [1.54, 1.807) is 4.68 Å². The van der Waals surface area contributed by atoms with E-state index in [0.29, 0.717) is 13.2 Å². The summed E-state index contributed by atoms with van der Waals surface area (Å²) in [6, 6.07) is 16.0. The molecular weight excluding hydrogens is 290 g/mol. The van der Waals surface area contributed by atoms with Crippen molar-refractivity contribution in [2.45, 2.75) is 20.4 Å². The maximum absolute atomic E-state index is 5.65. The third-order valence-electron chi connectivity index (χ3n) is 3.47. The SMILES string of the molecule is CCOc1ccccc1CNc1cccc(-n2nnnc2C)c1. The van der Waals surface area contributed by atoms with Crippen molar-refractivity contribution in [3.8, 4) is 11.4 Å². The third kappa shape index (κ3) is 3.48. The lowest BCUT2D eigenvalue weighted by Crippen LogP contribution is -2.04. The molecule has 0 unspecified atom stereocenters. The van der Waals surface area contributed by atoms with Crippen LogP contribution in [0.1, 0.15) is 18.3 Å². The number of nitrogens with zero attached hydrogens (tertiary/aromatic N) is 4. The lowest BCUT2D eigenvalue weighted by Gasteiger charge is -2.12. The number of benzene rings is 2. The Morgan fingerprint density at radius 1 is 1.13 bits per heavy atom. The summed E-state index contributed by atoms with van der Waals surface area (Å²) in [5.74, 6) is 1.67. The summed E-state index contributed by atoms with van der Waals surface area (Å²) < 4.78 is 7.36. The van der Waals surface area contributed by atoms with E-state index in [2.05, 4.69) is 26.9 Å². The van der Waals surface area contributed by atoms with Gasteiger partial charge in [-0.05, 0) is 48.5 Å². The average Bonchev–Trinajstić information content (AvgIpc) is 3.01. The van der Waals surface area contributed by atoms with E-state index in [-0.39, 0.29) is 0 Å². The van der Waals surface area contributed by atoms with E-state index in [9.17, 15) is 0 Å². The van der Waals surface area contributed by atoms with Crippen molar-refractivity contribution in [3.63, 3.8) is 0 Å². The van der Waals surface area contributed by atoms with Crippen LogP contribution in [0, 0.1) is 6.92 Å². The Kier molecular flexibility index (Phi) is 4.52. The molecule has 6 nitrogen and oxygen atoms in total. The fourth-order valence-corrected chi connectivity index (χ4v) is 2.36. The second-order valence-corrected chi connectivity index (χ2v) is 5.08. The van der Waals surface area contributed by atoms with Crippen LogP contribution >= 0.6 is 0 Å². The predicted molar refractivity (Wildman–Crippen MR) is 88.8 cm³/mol. The van der Waals surface area contributed by atoms with Crippen LogP contribution in [0.3, 0.4) is 0 Å². The molecule has 1 N–H and O–H groups in total. The van der Waals surface area contributed by atoms with Crippen LogP contribution in [-0.2, 0) is 6.54 Å². The van der Waals surface area contributed by atoms with Gasteiger partial charge in [-0.15, -0.1) is 5.10 Å². The summed E-state index contributed by atoms with van der Waals surface area (Å²) in [6.07, 6.45) is 0. The number of ether oxygens (including phenoxy) is 1. The summed E-state index contributed by atoms with van der Waals surface area (Å²) in [4.78, 5) is 0. The van der Waals surface area contributed by atoms with Crippen molar-refractivity contribution in [3.05, 3.63) is 59.9 Å². The highest BCUT2D eigenvalue weighted by molar-refractivity contribution is 5.51. The lowest BCUT2D eigenvalue weighted by molar-refractivity contribution is 0.337. The number of para-hydroxylation sites is 1. The number of aryl methyl sites for hydroxylation is 1. The van der Waals surface area contributed by atoms with Gasteiger partial charge in [0, 0.05) is 17.8 Å². The van der Waals surface area contributed by atoms with E-state index in [4.69, 9.17) is 4.74 Å². The molecule has 0 spiro atoms. The number of nitrogens with one attached hydrogen (secondary N) is 1. The van der Waals surface area contributed by atoms with Gasteiger partial charge in [-0.3, -0.25) is 0 Å². The topological polar surface area (TPSA) is 64.9 Å². The highest BCUT2D eigenvalue weighted by atomic mass is 16.5. The minimum absolute atomic E-state index is 0.658. The zero-order valence-corrected chi connectivity index (χ0v) is 13.2. The molecule has 3 rings (SSSR count). The Balaban J connectivity index is 1.76. The first-order valence-electron chi connectivity index (χ1n) is 7.58. The molecular formula is C17H19N5O. The molecule has 118 valence electrons. The highest BCUT2D eigenvalue weighted by Crippen LogP contribution is 2.20. The van der Waals surface area contributed by atoms with E-state index < -0.39 is 0 Å². The maximum atomic E-state index is 5.65. The van der Waals surface area contributed by atoms with Crippen LogP contribution in [0.5, 0.6) is 5.75 Å². The number of anilines is 1. The number of aromatic nitrogens is 4. The minimum Gasteiger partial charge on any atom is -0.494 e. The molecule has 0 bridgehead atoms. The molecule has 0 aliphatic carbocycles. The van der Waals surface area contributed by atoms with Crippen LogP contribution in [0.25, 0.3) is 5.69 Å². The summed E-state index contributed by atoms with van der Waals surface area (Å²) in [5, 5.41) is 15.0. The van der Waals surface area contributed by atoms with E-state index in [1.165, 1.54) is 0 Å². The summed E-state index contributed by atoms with van der Waals surface area (Å²) >= 11 is 0. The zero-order chi connectivity index (χ0) is 16.1. The van der Waals surface area contributed by atoms with E-state index in [1.807, 2.05) is 56.3 Å². The number of hydrogen-bond acceptors (Lipinski definition) is 5. The van der Waals surface area contributed by atoms with Gasteiger partial charge in [0.15, 0.2) is 5.82 Å². The van der Waals surface area contributed by atoms with Gasteiger partial charge in [0.1, 0.15) is 5.75 Å². The fourth-order valence-electron chi connectivity index (χ4n) is 2.36. The standard InChI is InChI=1S/C17H19N5O/c1-3-23-17-10-5-4-7-14(17)12-18-15-8-6-9-16(11-15)22-13(2)19-20-21-22/h4-11,18H,3,12H2,1-2H3. The van der Waals surface area contributed by atoms with Crippen molar-refractivity contribution >= 4 is 5.69 Å². The van der Waals surface area contributed by atoms with Crippen LogP contribution in [0.2, 0.25) is 0 Å². The minimum atomic E-state index is 0.658. The van der Waals surface area contributed by atoms with Gasteiger partial charge in [-0.25, -0.2) is 0 Å². The first-order chi connectivity index (χ1) is 11.3. The van der Waals surface area contributed by atoms with Crippen LogP contribution < -0.4 is 10.1 Å². The van der Waals surface area contributed by atoms with Gasteiger partial charge in [-0.2, -0.15) is 4.68 Å². The summed E-state index contributed by atoms with van der Waals surface area (Å²) in [6.45, 7) is 5.21.